The molecule has 0 aliphatic heterocycles. The molecule has 0 saturated heterocycles. The molecule has 0 spiro atoms. The van der Waals surface area contributed by atoms with Crippen LogP contribution in [-0.4, -0.2) is 46.1 Å². The zero-order chi connectivity index (χ0) is 14.5. The van der Waals surface area contributed by atoms with Crippen molar-refractivity contribution in [3.8, 4) is 0 Å². The number of hydrogen-bond donors (Lipinski definition) is 2. The summed E-state index contributed by atoms with van der Waals surface area (Å²) in [6.45, 7) is 8.88. The maximum Gasteiger partial charge on any atom is 0.254 e. The second kappa shape index (κ2) is 6.52. The summed E-state index contributed by atoms with van der Waals surface area (Å²) in [5.41, 5.74) is -0.319. The molecule has 0 fully saturated rings. The Morgan fingerprint density at radius 3 is 2.68 bits per heavy atom. The molecule has 19 heavy (non-hydrogen) atoms. The fourth-order valence-corrected chi connectivity index (χ4v) is 1.82. The lowest BCUT2D eigenvalue weighted by Gasteiger charge is -2.28. The monoisotopic (exact) mass is 265 g/mol. The zero-order valence-electron chi connectivity index (χ0n) is 12.1. The van der Waals surface area contributed by atoms with Crippen molar-refractivity contribution in [2.45, 2.75) is 33.3 Å². The van der Waals surface area contributed by atoms with Crippen molar-refractivity contribution in [2.24, 2.45) is 0 Å². The normalized spacial score (nSPS) is 11.2. The number of nitrogens with zero attached hydrogens (tertiary/aromatic N) is 2. The van der Waals surface area contributed by atoms with Gasteiger partial charge in [0.2, 0.25) is 0 Å². The standard InChI is InChI=1S/C14H23N3O2/c1-5-15-12-9-11(7-8-16-12)13(18)17(6-2)10-14(3,4)19/h7-9,19H,5-6,10H2,1-4H3,(H,15,16). The average Bonchev–Trinajstić information content (AvgIpc) is 2.35. The first-order valence-corrected chi connectivity index (χ1v) is 6.59. The number of hydrogen-bond acceptors (Lipinski definition) is 4. The lowest BCUT2D eigenvalue weighted by atomic mass is 10.1. The van der Waals surface area contributed by atoms with E-state index in [0.29, 0.717) is 24.5 Å². The van der Waals surface area contributed by atoms with Gasteiger partial charge in [0.25, 0.3) is 5.91 Å². The van der Waals surface area contributed by atoms with Gasteiger partial charge in [0.15, 0.2) is 0 Å². The van der Waals surface area contributed by atoms with Gasteiger partial charge in [-0.1, -0.05) is 0 Å². The molecule has 0 aliphatic carbocycles. The van der Waals surface area contributed by atoms with E-state index in [0.717, 1.165) is 6.54 Å². The number of aliphatic hydroxyl groups is 1. The number of aromatic nitrogens is 1. The summed E-state index contributed by atoms with van der Waals surface area (Å²) in [5, 5.41) is 12.9. The van der Waals surface area contributed by atoms with E-state index in [9.17, 15) is 9.90 Å². The van der Waals surface area contributed by atoms with Gasteiger partial charge in [-0.3, -0.25) is 4.79 Å². The molecule has 5 nitrogen and oxygen atoms in total. The molecule has 2 N–H and O–H groups in total. The van der Waals surface area contributed by atoms with Gasteiger partial charge in [0.1, 0.15) is 5.82 Å². The predicted octanol–water partition coefficient (Wildman–Crippen LogP) is 1.75. The van der Waals surface area contributed by atoms with E-state index in [4.69, 9.17) is 0 Å². The van der Waals surface area contributed by atoms with Crippen molar-refractivity contribution in [3.05, 3.63) is 23.9 Å². The molecule has 5 heteroatoms. The molecule has 0 bridgehead atoms. The Bertz CT molecular complexity index is 427. The van der Waals surface area contributed by atoms with E-state index in [1.807, 2.05) is 13.8 Å². The number of nitrogens with one attached hydrogen (secondary N) is 1. The van der Waals surface area contributed by atoms with Gasteiger partial charge in [-0.05, 0) is 39.8 Å². The van der Waals surface area contributed by atoms with Crippen molar-refractivity contribution in [1.82, 2.24) is 9.88 Å². The van der Waals surface area contributed by atoms with Crippen LogP contribution in [0.3, 0.4) is 0 Å². The number of carbonyl (C=O) groups excluding carboxylic acids is 1. The van der Waals surface area contributed by atoms with Crippen molar-refractivity contribution < 1.29 is 9.90 Å². The van der Waals surface area contributed by atoms with Gasteiger partial charge < -0.3 is 15.3 Å². The van der Waals surface area contributed by atoms with E-state index in [1.54, 1.807) is 37.1 Å². The highest BCUT2D eigenvalue weighted by atomic mass is 16.3. The first-order chi connectivity index (χ1) is 8.87. The SMILES string of the molecule is CCNc1cc(C(=O)N(CC)CC(C)(C)O)ccn1. The fourth-order valence-electron chi connectivity index (χ4n) is 1.82. The fraction of sp³-hybridized carbons (Fsp3) is 0.571. The predicted molar refractivity (Wildman–Crippen MR) is 76.3 cm³/mol. The lowest BCUT2D eigenvalue weighted by molar-refractivity contribution is 0.0314. The third kappa shape index (κ3) is 4.87. The van der Waals surface area contributed by atoms with E-state index >= 15 is 0 Å². The van der Waals surface area contributed by atoms with Gasteiger partial charge in [0.05, 0.1) is 5.60 Å². The molecule has 0 radical (unpaired) electrons. The second-order valence-corrected chi connectivity index (χ2v) is 5.09. The number of carbonyl (C=O) groups is 1. The minimum atomic E-state index is -0.900. The van der Waals surface area contributed by atoms with Crippen LogP contribution in [0, 0.1) is 0 Å². The van der Waals surface area contributed by atoms with Crippen LogP contribution in [0.5, 0.6) is 0 Å². The Labute approximate surface area is 114 Å². The molecule has 1 aromatic heterocycles. The molecular weight excluding hydrogens is 242 g/mol. The highest BCUT2D eigenvalue weighted by Crippen LogP contribution is 2.12. The van der Waals surface area contributed by atoms with Crippen LogP contribution in [-0.2, 0) is 0 Å². The van der Waals surface area contributed by atoms with Gasteiger partial charge in [-0.2, -0.15) is 0 Å². The van der Waals surface area contributed by atoms with Crippen LogP contribution in [0.2, 0.25) is 0 Å². The maximum atomic E-state index is 12.4. The highest BCUT2D eigenvalue weighted by molar-refractivity contribution is 5.94. The van der Waals surface area contributed by atoms with Crippen molar-refractivity contribution in [1.29, 1.82) is 0 Å². The van der Waals surface area contributed by atoms with Crippen LogP contribution in [0.1, 0.15) is 38.1 Å². The molecule has 0 aliphatic rings. The van der Waals surface area contributed by atoms with E-state index in [2.05, 4.69) is 10.3 Å². The number of anilines is 1. The number of likely N-dealkylation sites (N-methyl/N-ethyl adjacent to an activating group) is 1. The van der Waals surface area contributed by atoms with Crippen LogP contribution < -0.4 is 5.32 Å². The molecule has 0 atom stereocenters. The van der Waals surface area contributed by atoms with E-state index in [1.165, 1.54) is 0 Å². The van der Waals surface area contributed by atoms with E-state index < -0.39 is 5.60 Å². The quantitative estimate of drug-likeness (QED) is 0.822. The third-order valence-corrected chi connectivity index (χ3v) is 2.61. The maximum absolute atomic E-state index is 12.4. The first kappa shape index (κ1) is 15.4. The Kier molecular flexibility index (Phi) is 5.30. The topological polar surface area (TPSA) is 65.5 Å². The molecule has 0 aromatic carbocycles. The second-order valence-electron chi connectivity index (χ2n) is 5.09. The summed E-state index contributed by atoms with van der Waals surface area (Å²) in [6, 6.07) is 3.43. The number of pyridine rings is 1. The minimum absolute atomic E-state index is 0.0915. The van der Waals surface area contributed by atoms with Gasteiger partial charge in [0, 0.05) is 31.4 Å². The molecule has 1 aromatic rings. The van der Waals surface area contributed by atoms with Crippen LogP contribution >= 0.6 is 0 Å². The largest absolute Gasteiger partial charge is 0.389 e. The average molecular weight is 265 g/mol. The van der Waals surface area contributed by atoms with Crippen LogP contribution in [0.4, 0.5) is 5.82 Å². The Balaban J connectivity index is 2.88. The molecule has 1 amide bonds. The van der Waals surface area contributed by atoms with Crippen molar-refractivity contribution >= 4 is 11.7 Å². The summed E-state index contributed by atoms with van der Waals surface area (Å²) >= 11 is 0. The molecule has 0 saturated carbocycles. The zero-order valence-corrected chi connectivity index (χ0v) is 12.1. The molecule has 106 valence electrons. The smallest absolute Gasteiger partial charge is 0.254 e. The van der Waals surface area contributed by atoms with Crippen molar-refractivity contribution in [2.75, 3.05) is 25.0 Å². The van der Waals surface area contributed by atoms with Crippen LogP contribution in [0.25, 0.3) is 0 Å². The number of amides is 1. The third-order valence-electron chi connectivity index (χ3n) is 2.61. The van der Waals surface area contributed by atoms with Crippen molar-refractivity contribution in [3.63, 3.8) is 0 Å². The summed E-state index contributed by atoms with van der Waals surface area (Å²) in [6.07, 6.45) is 1.61. The highest BCUT2D eigenvalue weighted by Gasteiger charge is 2.22. The summed E-state index contributed by atoms with van der Waals surface area (Å²) in [7, 11) is 0. The number of rotatable bonds is 6. The minimum Gasteiger partial charge on any atom is -0.389 e. The Hall–Kier alpha value is -1.62. The van der Waals surface area contributed by atoms with Gasteiger partial charge >= 0.3 is 0 Å². The van der Waals surface area contributed by atoms with Gasteiger partial charge in [-0.25, -0.2) is 4.98 Å². The van der Waals surface area contributed by atoms with Crippen LogP contribution in [0.15, 0.2) is 18.3 Å². The molecule has 1 rings (SSSR count). The first-order valence-electron chi connectivity index (χ1n) is 6.59. The Morgan fingerprint density at radius 2 is 2.16 bits per heavy atom. The molecule has 0 unspecified atom stereocenters. The lowest BCUT2D eigenvalue weighted by Crippen LogP contribution is -2.42. The van der Waals surface area contributed by atoms with Gasteiger partial charge in [-0.15, -0.1) is 0 Å². The Morgan fingerprint density at radius 1 is 1.47 bits per heavy atom. The summed E-state index contributed by atoms with van der Waals surface area (Å²) in [5.74, 6) is 0.596. The summed E-state index contributed by atoms with van der Waals surface area (Å²) < 4.78 is 0. The van der Waals surface area contributed by atoms with E-state index in [-0.39, 0.29) is 5.91 Å². The summed E-state index contributed by atoms with van der Waals surface area (Å²) in [4.78, 5) is 18.1. The molecular formula is C14H23N3O2. The molecule has 1 heterocycles.